The van der Waals surface area contributed by atoms with Crippen molar-refractivity contribution in [3.63, 3.8) is 0 Å². The van der Waals surface area contributed by atoms with Gasteiger partial charge in [-0.1, -0.05) is 436 Å². The summed E-state index contributed by atoms with van der Waals surface area (Å²) in [7, 11) is 0. The third-order valence-corrected chi connectivity index (χ3v) is 25.7. The van der Waals surface area contributed by atoms with Gasteiger partial charge >= 0.3 is 0 Å². The van der Waals surface area contributed by atoms with Gasteiger partial charge in [0, 0.05) is 64.4 Å². The molecule has 21 nitrogen and oxygen atoms in total. The van der Waals surface area contributed by atoms with E-state index >= 15 is 0 Å². The van der Waals surface area contributed by atoms with Gasteiger partial charge in [-0.25, -0.2) is 18.7 Å². The van der Waals surface area contributed by atoms with E-state index in [9.17, 15) is 0 Å². The summed E-state index contributed by atoms with van der Waals surface area (Å²) in [5.41, 5.74) is 8.73. The molecule has 7 rings (SSSR count). The van der Waals surface area contributed by atoms with Crippen molar-refractivity contribution >= 4 is 0 Å². The first-order valence-electron chi connectivity index (χ1n) is 57.8. The lowest BCUT2D eigenvalue weighted by atomic mass is 10.0. The minimum Gasteiger partial charge on any atom is -0.252 e. The van der Waals surface area contributed by atoms with Crippen LogP contribution in [0.15, 0.2) is 43.4 Å². The van der Waals surface area contributed by atoms with Crippen molar-refractivity contribution in [2.24, 2.45) is 82.9 Å². The maximum atomic E-state index is 4.25. The van der Waals surface area contributed by atoms with Gasteiger partial charge in [0.25, 0.3) is 0 Å². The van der Waals surface area contributed by atoms with Gasteiger partial charge in [-0.2, -0.15) is 0 Å². The molecule has 0 amide bonds. The minimum atomic E-state index is 0.742. The van der Waals surface area contributed by atoms with E-state index in [1.807, 2.05) is 38.8 Å². The van der Waals surface area contributed by atoms with Gasteiger partial charge < -0.3 is 0 Å². The highest BCUT2D eigenvalue weighted by atomic mass is 15.5. The molecule has 7 heterocycles. The summed E-state index contributed by atoms with van der Waals surface area (Å²) in [5, 5.41) is 58.6. The van der Waals surface area contributed by atoms with Crippen LogP contribution in [-0.2, 0) is 90.8 Å². The van der Waals surface area contributed by atoms with Crippen LogP contribution in [-0.4, -0.2) is 105 Å². The van der Waals surface area contributed by atoms with Crippen molar-refractivity contribution in [1.82, 2.24) is 105 Å². The molecule has 21 heteroatoms. The van der Waals surface area contributed by atoms with Crippen LogP contribution in [0.4, 0.5) is 0 Å². The van der Waals surface area contributed by atoms with Crippen molar-refractivity contribution < 1.29 is 0 Å². The van der Waals surface area contributed by atoms with Crippen LogP contribution < -0.4 is 0 Å². The van der Waals surface area contributed by atoms with E-state index in [-0.39, 0.29) is 0 Å². The molecule has 0 saturated heterocycles. The minimum absolute atomic E-state index is 0.742. The second-order valence-corrected chi connectivity index (χ2v) is 46.8. The highest BCUT2D eigenvalue weighted by Gasteiger charge is 2.13. The first-order valence-corrected chi connectivity index (χ1v) is 57.8. The summed E-state index contributed by atoms with van der Waals surface area (Å²) in [6.07, 6.45) is 81.8. The van der Waals surface area contributed by atoms with E-state index in [4.69, 9.17) is 0 Å². The van der Waals surface area contributed by atoms with Gasteiger partial charge in [-0.15, -0.1) is 35.7 Å². The third kappa shape index (κ3) is 80.1. The summed E-state index contributed by atoms with van der Waals surface area (Å²) in [6.45, 7) is 71.3. The number of unbranched alkanes of at least 4 members (excludes halogenated alkanes) is 19. The summed E-state index contributed by atoms with van der Waals surface area (Å²) in [5.74, 6) is 11.4. The smallest absolute Gasteiger partial charge is 0.0827 e. The molecule has 0 unspecified atom stereocenters. The molecule has 7 aromatic heterocycles. The molecule has 7 aromatic rings. The highest BCUT2D eigenvalue weighted by Crippen LogP contribution is 2.22. The predicted molar refractivity (Wildman–Crippen MR) is 586 cm³/mol. The van der Waals surface area contributed by atoms with E-state index in [1.165, 1.54) is 318 Å². The Morgan fingerprint density at radius 1 is 0.161 bits per heavy atom. The van der Waals surface area contributed by atoms with Gasteiger partial charge in [0.15, 0.2) is 0 Å². The number of nitrogens with zero attached hydrogens (tertiary/aromatic N) is 21. The van der Waals surface area contributed by atoms with Crippen molar-refractivity contribution in [2.45, 2.75) is 580 Å². The molecular weight excluding hydrogens is 1690 g/mol. The Kier molecular flexibility index (Phi) is 80.5. The Morgan fingerprint density at radius 2 is 0.328 bits per heavy atom. The highest BCUT2D eigenvalue weighted by molar-refractivity contribution is 4.98. The average Bonchev–Trinajstić information content (AvgIpc) is 1.82. The van der Waals surface area contributed by atoms with Gasteiger partial charge in [-0.3, -0.25) is 14.0 Å². The molecule has 0 N–H and O–H groups in total. The lowest BCUT2D eigenvalue weighted by molar-refractivity contribution is 0.472. The lowest BCUT2D eigenvalue weighted by Crippen LogP contribution is -2.06. The second kappa shape index (κ2) is 85.6. The molecule has 0 aromatic carbocycles. The Morgan fingerprint density at radius 3 is 0.562 bits per heavy atom. The molecule has 0 aliphatic carbocycles. The standard InChI is InChI=1S/4C17H33N3.3C16H31N3/c2*1-15(2)10-6-5-9-13-20-17(14-18-19-20)12-8-7-11-16(3)4;2*1-15(2)10-6-5-7-12-17-14-18-19-20(17)13-9-8-11-16(3)4;2*1-14(2)9-6-5-7-12-19-13-16(17-18-19)11-8-10-15(3)4;1-14(2)9-7-5-6-8-12-19-13-16(17-18-19)11-10-15(3)4/h4*14-16H,5-13H2,1-4H3;3*13-15H,5-12H2,1-4H3. The van der Waals surface area contributed by atoms with Crippen molar-refractivity contribution in [3.8, 4) is 0 Å². The van der Waals surface area contributed by atoms with Crippen LogP contribution in [0.1, 0.15) is 529 Å². The van der Waals surface area contributed by atoms with E-state index in [0.29, 0.717) is 0 Å². The van der Waals surface area contributed by atoms with Gasteiger partial charge in [0.2, 0.25) is 0 Å². The summed E-state index contributed by atoms with van der Waals surface area (Å²) in [4.78, 5) is 0. The van der Waals surface area contributed by atoms with E-state index < -0.39 is 0 Å². The summed E-state index contributed by atoms with van der Waals surface area (Å²) in [6, 6.07) is 0. The topological polar surface area (TPSA) is 215 Å². The van der Waals surface area contributed by atoms with Crippen molar-refractivity contribution in [3.05, 3.63) is 83.2 Å². The maximum absolute atomic E-state index is 4.25. The Balaban J connectivity index is 0.000000799. The Labute approximate surface area is 846 Å². The molecule has 794 valence electrons. The van der Waals surface area contributed by atoms with Crippen LogP contribution in [0, 0.1) is 82.9 Å². The molecule has 137 heavy (non-hydrogen) atoms. The summed E-state index contributed by atoms with van der Waals surface area (Å²) < 4.78 is 14.5. The monoisotopic (exact) mass is 1910 g/mol. The molecule has 0 atom stereocenters. The van der Waals surface area contributed by atoms with Crippen molar-refractivity contribution in [2.75, 3.05) is 0 Å². The van der Waals surface area contributed by atoms with Gasteiger partial charge in [0.05, 0.1) is 64.6 Å². The van der Waals surface area contributed by atoms with E-state index in [1.54, 1.807) is 0 Å². The zero-order valence-corrected chi connectivity index (χ0v) is 95.4. The number of rotatable bonds is 74. The average molecular weight is 1910 g/mol. The number of hydrogen-bond donors (Lipinski definition) is 0. The molecule has 0 radical (unpaired) electrons. The zero-order valence-electron chi connectivity index (χ0n) is 95.4. The van der Waals surface area contributed by atoms with E-state index in [0.717, 1.165) is 191 Å². The molecule has 0 bridgehead atoms. The van der Waals surface area contributed by atoms with Crippen LogP contribution in [0.2, 0.25) is 0 Å². The second-order valence-electron chi connectivity index (χ2n) is 46.8. The Bertz CT molecular complexity index is 3340. The SMILES string of the molecule is CC(C)CCCCCCn1cc(CCC(C)C)nn1.CC(C)CCCCCc1cnnn1CCCCC(C)C.CC(C)CCCCCc1cnnn1CCCCC(C)C.CC(C)CCCCCn1cc(CCCC(C)C)nn1.CC(C)CCCCCn1cc(CCCC(C)C)nn1.CC(C)CCCCCn1nncc1CCCCC(C)C.CC(C)CCCCCn1nncc1CCCCC(C)C. The number of hydrogen-bond acceptors (Lipinski definition) is 14. The quantitative estimate of drug-likeness (QED) is 0.0324. The van der Waals surface area contributed by atoms with Crippen LogP contribution in [0.5, 0.6) is 0 Å². The summed E-state index contributed by atoms with van der Waals surface area (Å²) >= 11 is 0. The zero-order chi connectivity index (χ0) is 101. The fourth-order valence-electron chi connectivity index (χ4n) is 16.7. The molecule has 0 spiro atoms. The normalized spacial score (nSPS) is 11.7. The van der Waals surface area contributed by atoms with Crippen LogP contribution in [0.3, 0.4) is 0 Å². The molecule has 0 aliphatic heterocycles. The molecule has 0 aliphatic rings. The Hall–Kier alpha value is -6.02. The molecular formula is C116H225N21. The number of aromatic nitrogens is 21. The van der Waals surface area contributed by atoms with Crippen LogP contribution >= 0.6 is 0 Å². The molecule has 0 saturated carbocycles. The van der Waals surface area contributed by atoms with Crippen molar-refractivity contribution in [1.29, 1.82) is 0 Å². The molecule has 0 fully saturated rings. The first kappa shape index (κ1) is 129. The fraction of sp³-hybridized carbons (Fsp3) is 0.879. The van der Waals surface area contributed by atoms with Crippen LogP contribution in [0.25, 0.3) is 0 Å². The maximum Gasteiger partial charge on any atom is 0.0827 e. The van der Waals surface area contributed by atoms with Gasteiger partial charge in [0.1, 0.15) is 0 Å². The third-order valence-electron chi connectivity index (χ3n) is 25.7. The van der Waals surface area contributed by atoms with E-state index in [2.05, 4.69) is 303 Å². The largest absolute Gasteiger partial charge is 0.252 e. The van der Waals surface area contributed by atoms with Gasteiger partial charge in [-0.05, 0) is 218 Å². The first-order chi connectivity index (χ1) is 65.6. The fourth-order valence-corrected chi connectivity index (χ4v) is 16.7. The predicted octanol–water partition coefficient (Wildman–Crippen LogP) is 32.9. The number of aryl methyl sites for hydroxylation is 14. The lowest BCUT2D eigenvalue weighted by Gasteiger charge is -2.08.